The van der Waals surface area contributed by atoms with E-state index in [-0.39, 0.29) is 17.9 Å². The Bertz CT molecular complexity index is 169. The van der Waals surface area contributed by atoms with Crippen molar-refractivity contribution < 1.29 is 4.79 Å². The summed E-state index contributed by atoms with van der Waals surface area (Å²) in [4.78, 5) is 11.6. The van der Waals surface area contributed by atoms with Crippen molar-refractivity contribution in [3.05, 3.63) is 0 Å². The van der Waals surface area contributed by atoms with Crippen LogP contribution >= 0.6 is 0 Å². The van der Waals surface area contributed by atoms with Gasteiger partial charge in [-0.2, -0.15) is 0 Å². The van der Waals surface area contributed by atoms with Gasteiger partial charge in [-0.25, -0.2) is 0 Å². The van der Waals surface area contributed by atoms with Gasteiger partial charge in [-0.1, -0.05) is 20.8 Å². The average Bonchev–Trinajstić information content (AvgIpc) is 2.13. The molecule has 0 aromatic heterocycles. The van der Waals surface area contributed by atoms with Gasteiger partial charge in [-0.15, -0.1) is 0 Å². The van der Waals surface area contributed by atoms with Gasteiger partial charge in [0.25, 0.3) is 0 Å². The average molecular weight is 200 g/mol. The van der Waals surface area contributed by atoms with Crippen molar-refractivity contribution >= 4 is 5.91 Å². The summed E-state index contributed by atoms with van der Waals surface area (Å²) in [5.74, 6) is 0.722. The fraction of sp³-hybridized carbons (Fsp3) is 0.909. The summed E-state index contributed by atoms with van der Waals surface area (Å²) in [6.07, 6.45) is 1.80. The number of nitrogens with two attached hydrogens (primary N) is 1. The first-order valence-corrected chi connectivity index (χ1v) is 5.49. The van der Waals surface area contributed by atoms with Crippen LogP contribution in [0.25, 0.3) is 0 Å². The van der Waals surface area contributed by atoms with Crippen molar-refractivity contribution in [2.75, 3.05) is 6.54 Å². The fourth-order valence-electron chi connectivity index (χ4n) is 1.09. The van der Waals surface area contributed by atoms with Crippen molar-refractivity contribution in [1.82, 2.24) is 5.32 Å². The van der Waals surface area contributed by atoms with Crippen LogP contribution in [-0.2, 0) is 4.79 Å². The van der Waals surface area contributed by atoms with Crippen LogP contribution in [0.15, 0.2) is 0 Å². The molecular formula is C11H24N2O. The number of hydrogen-bond donors (Lipinski definition) is 2. The lowest BCUT2D eigenvalue weighted by molar-refractivity contribution is -0.125. The molecule has 0 spiro atoms. The highest BCUT2D eigenvalue weighted by molar-refractivity contribution is 5.78. The maximum atomic E-state index is 11.6. The van der Waals surface area contributed by atoms with E-state index in [1.54, 1.807) is 0 Å². The Morgan fingerprint density at radius 1 is 1.29 bits per heavy atom. The van der Waals surface area contributed by atoms with Gasteiger partial charge in [-0.05, 0) is 32.2 Å². The molecule has 3 N–H and O–H groups in total. The van der Waals surface area contributed by atoms with Crippen LogP contribution in [0.3, 0.4) is 0 Å². The zero-order valence-electron chi connectivity index (χ0n) is 9.84. The molecule has 3 heteroatoms. The van der Waals surface area contributed by atoms with Crippen molar-refractivity contribution in [1.29, 1.82) is 0 Å². The van der Waals surface area contributed by atoms with Crippen LogP contribution in [-0.4, -0.2) is 18.5 Å². The topological polar surface area (TPSA) is 55.1 Å². The van der Waals surface area contributed by atoms with E-state index in [2.05, 4.69) is 19.2 Å². The Kier molecular flexibility index (Phi) is 6.54. The molecule has 0 aliphatic carbocycles. The molecule has 0 radical (unpaired) electrons. The number of amides is 1. The van der Waals surface area contributed by atoms with Crippen molar-refractivity contribution in [2.45, 2.75) is 46.6 Å². The predicted octanol–water partition coefficient (Wildman–Crippen LogP) is 1.52. The van der Waals surface area contributed by atoms with Gasteiger partial charge in [0, 0.05) is 12.0 Å². The summed E-state index contributed by atoms with van der Waals surface area (Å²) in [6, 6.07) is 0.253. The minimum absolute atomic E-state index is 0.0831. The molecule has 0 saturated heterocycles. The molecule has 0 aliphatic rings. The lowest BCUT2D eigenvalue weighted by Crippen LogP contribution is -2.39. The quantitative estimate of drug-likeness (QED) is 0.683. The number of rotatable bonds is 6. The first kappa shape index (κ1) is 13.4. The standard InChI is InChI=1S/C11H24N2O/c1-8(2)10(4)13-11(14)9(3)6-5-7-12/h8-10H,5-7,12H2,1-4H3,(H,13,14). The maximum absolute atomic E-state index is 11.6. The zero-order valence-corrected chi connectivity index (χ0v) is 9.84. The highest BCUT2D eigenvalue weighted by Crippen LogP contribution is 2.07. The largest absolute Gasteiger partial charge is 0.353 e. The van der Waals surface area contributed by atoms with Crippen LogP contribution in [0, 0.1) is 11.8 Å². The molecule has 0 aromatic rings. The summed E-state index contributed by atoms with van der Waals surface area (Å²) in [5.41, 5.74) is 5.39. The molecular weight excluding hydrogens is 176 g/mol. The summed E-state index contributed by atoms with van der Waals surface area (Å²) in [6.45, 7) is 8.87. The van der Waals surface area contributed by atoms with Gasteiger partial charge >= 0.3 is 0 Å². The lowest BCUT2D eigenvalue weighted by atomic mass is 10.0. The molecule has 0 aromatic carbocycles. The van der Waals surface area contributed by atoms with E-state index < -0.39 is 0 Å². The molecule has 0 bridgehead atoms. The molecule has 84 valence electrons. The SMILES string of the molecule is CC(CCCN)C(=O)NC(C)C(C)C. The first-order chi connectivity index (χ1) is 6.49. The molecule has 0 fully saturated rings. The number of carbonyl (C=O) groups is 1. The van der Waals surface area contributed by atoms with Crippen LogP contribution < -0.4 is 11.1 Å². The van der Waals surface area contributed by atoms with Gasteiger partial charge in [0.15, 0.2) is 0 Å². The third-order valence-corrected chi connectivity index (χ3v) is 2.66. The van der Waals surface area contributed by atoms with Crippen LogP contribution in [0.5, 0.6) is 0 Å². The van der Waals surface area contributed by atoms with Gasteiger partial charge in [0.2, 0.25) is 5.91 Å². The second-order valence-corrected chi connectivity index (χ2v) is 4.37. The van der Waals surface area contributed by atoms with Gasteiger partial charge in [0.05, 0.1) is 0 Å². The van der Waals surface area contributed by atoms with E-state index >= 15 is 0 Å². The van der Waals surface area contributed by atoms with E-state index in [4.69, 9.17) is 5.73 Å². The van der Waals surface area contributed by atoms with E-state index in [9.17, 15) is 4.79 Å². The smallest absolute Gasteiger partial charge is 0.223 e. The molecule has 0 heterocycles. The molecule has 0 aliphatic heterocycles. The fourth-order valence-corrected chi connectivity index (χ4v) is 1.09. The molecule has 1 amide bonds. The third kappa shape index (κ3) is 5.22. The van der Waals surface area contributed by atoms with E-state index in [1.165, 1.54) is 0 Å². The molecule has 14 heavy (non-hydrogen) atoms. The van der Waals surface area contributed by atoms with E-state index in [1.807, 2.05) is 13.8 Å². The van der Waals surface area contributed by atoms with Crippen molar-refractivity contribution in [3.8, 4) is 0 Å². The normalized spacial score (nSPS) is 15.3. The Morgan fingerprint density at radius 3 is 2.29 bits per heavy atom. The maximum Gasteiger partial charge on any atom is 0.223 e. The second-order valence-electron chi connectivity index (χ2n) is 4.37. The Hall–Kier alpha value is -0.570. The first-order valence-electron chi connectivity index (χ1n) is 5.49. The summed E-state index contributed by atoms with van der Waals surface area (Å²) in [7, 11) is 0. The van der Waals surface area contributed by atoms with Gasteiger partial charge in [0.1, 0.15) is 0 Å². The Labute approximate surface area is 87.4 Å². The third-order valence-electron chi connectivity index (χ3n) is 2.66. The molecule has 0 saturated carbocycles. The number of hydrogen-bond acceptors (Lipinski definition) is 2. The molecule has 0 rings (SSSR count). The van der Waals surface area contributed by atoms with E-state index in [0.29, 0.717) is 12.5 Å². The monoisotopic (exact) mass is 200 g/mol. The summed E-state index contributed by atoms with van der Waals surface area (Å²) >= 11 is 0. The highest BCUT2D eigenvalue weighted by atomic mass is 16.1. The predicted molar refractivity (Wildman–Crippen MR) is 59.9 cm³/mol. The summed E-state index contributed by atoms with van der Waals surface area (Å²) in [5, 5.41) is 3.01. The van der Waals surface area contributed by atoms with Gasteiger partial charge in [-0.3, -0.25) is 4.79 Å². The van der Waals surface area contributed by atoms with Gasteiger partial charge < -0.3 is 11.1 Å². The minimum atomic E-state index is 0.0831. The zero-order chi connectivity index (χ0) is 11.1. The van der Waals surface area contributed by atoms with Crippen molar-refractivity contribution in [2.24, 2.45) is 17.6 Å². The highest BCUT2D eigenvalue weighted by Gasteiger charge is 2.15. The Balaban J connectivity index is 3.82. The van der Waals surface area contributed by atoms with Crippen LogP contribution in [0.4, 0.5) is 0 Å². The van der Waals surface area contributed by atoms with E-state index in [0.717, 1.165) is 12.8 Å². The summed E-state index contributed by atoms with van der Waals surface area (Å²) < 4.78 is 0. The molecule has 2 atom stereocenters. The molecule has 3 nitrogen and oxygen atoms in total. The van der Waals surface area contributed by atoms with Crippen LogP contribution in [0.1, 0.15) is 40.5 Å². The lowest BCUT2D eigenvalue weighted by Gasteiger charge is -2.20. The molecule has 2 unspecified atom stereocenters. The Morgan fingerprint density at radius 2 is 1.86 bits per heavy atom. The minimum Gasteiger partial charge on any atom is -0.353 e. The van der Waals surface area contributed by atoms with Crippen LogP contribution in [0.2, 0.25) is 0 Å². The second kappa shape index (κ2) is 6.82. The number of nitrogens with one attached hydrogen (secondary N) is 1. The van der Waals surface area contributed by atoms with Crippen molar-refractivity contribution in [3.63, 3.8) is 0 Å². The number of carbonyl (C=O) groups excluding carboxylic acids is 1.